The van der Waals surface area contributed by atoms with E-state index in [0.717, 1.165) is 0 Å². The lowest BCUT2D eigenvalue weighted by Gasteiger charge is -2.42. The fraction of sp³-hybridized carbons (Fsp3) is 0.333. The second-order valence-corrected chi connectivity index (χ2v) is 15.0. The molecule has 2 nitrogen and oxygen atoms in total. The molecule has 1 aliphatic carbocycles. The van der Waals surface area contributed by atoms with E-state index >= 15 is 0 Å². The molecule has 0 heterocycles. The molecule has 0 saturated heterocycles. The van der Waals surface area contributed by atoms with Gasteiger partial charge in [-0.25, -0.2) is 0 Å². The zero-order chi connectivity index (χ0) is 26.4. The van der Waals surface area contributed by atoms with Crippen LogP contribution in [0.5, 0.6) is 0 Å². The molecule has 0 radical (unpaired) electrons. The molecule has 0 aromatic heterocycles. The average molecular weight is 495 g/mol. The van der Waals surface area contributed by atoms with E-state index in [1.165, 1.54) is 60.4 Å². The van der Waals surface area contributed by atoms with Gasteiger partial charge in [-0.2, -0.15) is 0 Å². The van der Waals surface area contributed by atoms with Crippen LogP contribution in [0.3, 0.4) is 0 Å². The molecule has 0 fully saturated rings. The van der Waals surface area contributed by atoms with Gasteiger partial charge in [-0.05, 0) is 92.5 Å². The van der Waals surface area contributed by atoms with Gasteiger partial charge in [0.2, 0.25) is 0 Å². The maximum absolute atomic E-state index is 2.59. The number of hydrogen-bond acceptors (Lipinski definition) is 2. The summed E-state index contributed by atoms with van der Waals surface area (Å²) in [6.45, 7) is 13.9. The maximum atomic E-state index is 2.48. The van der Waals surface area contributed by atoms with Crippen molar-refractivity contribution < 1.29 is 0 Å². The third-order valence-electron chi connectivity index (χ3n) is 8.36. The van der Waals surface area contributed by atoms with Gasteiger partial charge in [0.1, 0.15) is 0 Å². The molecule has 0 N–H and O–H groups in total. The lowest BCUT2D eigenvalue weighted by Crippen LogP contribution is -2.70. The number of aryl methyl sites for hydroxylation is 2. The van der Waals surface area contributed by atoms with Crippen LogP contribution in [0.25, 0.3) is 0 Å². The number of allylic oxidation sites excluding steroid dienone is 4. The largest absolute Gasteiger partial charge is 0.378 e. The molecule has 0 bridgehead atoms. The summed E-state index contributed by atoms with van der Waals surface area (Å²) in [6, 6.07) is 26.0. The molecule has 3 aromatic rings. The van der Waals surface area contributed by atoms with Gasteiger partial charge < -0.3 is 9.80 Å². The predicted octanol–water partition coefficient (Wildman–Crippen LogP) is 5.96. The quantitative estimate of drug-likeness (QED) is 0.308. The van der Waals surface area contributed by atoms with E-state index in [-0.39, 0.29) is 0 Å². The molecular weight excluding hydrogens is 452 g/mol. The monoisotopic (exact) mass is 494 g/mol. The maximum Gasteiger partial charge on any atom is 0.159 e. The molecule has 0 aliphatic heterocycles. The Labute approximate surface area is 220 Å². The van der Waals surface area contributed by atoms with Gasteiger partial charge in [0, 0.05) is 45.1 Å². The van der Waals surface area contributed by atoms with Gasteiger partial charge in [-0.3, -0.25) is 0 Å². The standard InChI is InChI=1S/C33H42N2Si/c1-22-17-23(2)19-32(18-22)36(30-15-11-13-28(20-30)34(7)8,31-16-12-14-29(21-31)35(9)10)33-26(5)24(3)25(4)27(33)6/h11-21,33H,1-10H3. The van der Waals surface area contributed by atoms with Crippen molar-refractivity contribution in [2.75, 3.05) is 38.0 Å². The SMILES string of the molecule is CC1=C(C)C([Si](c2cc(C)cc(C)c2)(c2cccc(N(C)C)c2)c2cccc(N(C)C)c2)C(C)=C1C. The number of benzene rings is 3. The van der Waals surface area contributed by atoms with E-state index in [1.54, 1.807) is 0 Å². The molecule has 4 rings (SSSR count). The Morgan fingerprint density at radius 3 is 1.33 bits per heavy atom. The van der Waals surface area contributed by atoms with Gasteiger partial charge >= 0.3 is 0 Å². The lowest BCUT2D eigenvalue weighted by atomic mass is 10.1. The van der Waals surface area contributed by atoms with Crippen molar-refractivity contribution in [3.63, 3.8) is 0 Å². The highest BCUT2D eigenvalue weighted by Gasteiger charge is 2.50. The smallest absolute Gasteiger partial charge is 0.159 e. The van der Waals surface area contributed by atoms with Crippen LogP contribution < -0.4 is 25.4 Å². The second kappa shape index (κ2) is 9.78. The van der Waals surface area contributed by atoms with E-state index in [2.05, 4.69) is 146 Å². The number of hydrogen-bond donors (Lipinski definition) is 0. The van der Waals surface area contributed by atoms with Crippen molar-refractivity contribution in [3.05, 3.63) is 100 Å². The number of rotatable bonds is 6. The Kier molecular flexibility index (Phi) is 7.07. The van der Waals surface area contributed by atoms with Gasteiger partial charge in [-0.1, -0.05) is 64.7 Å². The Balaban J connectivity index is 2.23. The van der Waals surface area contributed by atoms with E-state index in [9.17, 15) is 0 Å². The molecule has 0 spiro atoms. The highest BCUT2D eigenvalue weighted by Crippen LogP contribution is 2.46. The van der Waals surface area contributed by atoms with Crippen LogP contribution in [0.2, 0.25) is 5.54 Å². The molecule has 1 aliphatic rings. The zero-order valence-corrected chi connectivity index (χ0v) is 24.8. The third-order valence-corrected chi connectivity index (χ3v) is 13.7. The van der Waals surface area contributed by atoms with Crippen LogP contribution in [0.15, 0.2) is 89.0 Å². The first-order chi connectivity index (χ1) is 17.0. The van der Waals surface area contributed by atoms with Crippen molar-refractivity contribution >= 4 is 35.0 Å². The third kappa shape index (κ3) is 4.24. The van der Waals surface area contributed by atoms with Crippen molar-refractivity contribution in [2.45, 2.75) is 47.1 Å². The normalized spacial score (nSPS) is 14.6. The Morgan fingerprint density at radius 2 is 0.944 bits per heavy atom. The fourth-order valence-electron chi connectivity index (χ4n) is 6.26. The molecule has 3 heteroatoms. The molecule has 3 aromatic carbocycles. The van der Waals surface area contributed by atoms with Crippen molar-refractivity contribution in [1.29, 1.82) is 0 Å². The van der Waals surface area contributed by atoms with Crippen LogP contribution in [-0.4, -0.2) is 36.3 Å². The molecule has 0 saturated carbocycles. The summed E-state index contributed by atoms with van der Waals surface area (Å²) in [7, 11) is 5.99. The van der Waals surface area contributed by atoms with Crippen LogP contribution in [-0.2, 0) is 0 Å². The Morgan fingerprint density at radius 1 is 0.528 bits per heavy atom. The minimum absolute atomic E-state index is 0.369. The summed E-state index contributed by atoms with van der Waals surface area (Å²) in [4.78, 5) is 4.47. The first-order valence-corrected chi connectivity index (χ1v) is 15.1. The average Bonchev–Trinajstić information content (AvgIpc) is 3.03. The summed E-state index contributed by atoms with van der Waals surface area (Å²) >= 11 is 0. The summed E-state index contributed by atoms with van der Waals surface area (Å²) < 4.78 is 0. The fourth-order valence-corrected chi connectivity index (χ4v) is 12.4. The summed E-state index contributed by atoms with van der Waals surface area (Å²) in [5, 5.41) is 4.44. The molecule has 0 atom stereocenters. The first-order valence-electron chi connectivity index (χ1n) is 13.0. The van der Waals surface area contributed by atoms with Crippen LogP contribution in [0, 0.1) is 13.8 Å². The van der Waals surface area contributed by atoms with Crippen molar-refractivity contribution in [1.82, 2.24) is 0 Å². The molecule has 36 heavy (non-hydrogen) atoms. The van der Waals surface area contributed by atoms with E-state index in [1.807, 2.05) is 0 Å². The van der Waals surface area contributed by atoms with Crippen molar-refractivity contribution in [2.24, 2.45) is 0 Å². The highest BCUT2D eigenvalue weighted by molar-refractivity contribution is 7.13. The molecule has 0 unspecified atom stereocenters. The van der Waals surface area contributed by atoms with E-state index in [0.29, 0.717) is 5.54 Å². The first kappa shape index (κ1) is 26.0. The van der Waals surface area contributed by atoms with E-state index < -0.39 is 8.07 Å². The minimum Gasteiger partial charge on any atom is -0.378 e. The minimum atomic E-state index is -2.59. The van der Waals surface area contributed by atoms with Gasteiger partial charge in [0.05, 0.1) is 0 Å². The molecule has 0 amide bonds. The van der Waals surface area contributed by atoms with Crippen LogP contribution in [0.1, 0.15) is 38.8 Å². The number of anilines is 2. The highest BCUT2D eigenvalue weighted by atomic mass is 28.3. The molecular formula is C33H42N2Si. The summed E-state index contributed by atoms with van der Waals surface area (Å²) in [5.41, 5.74) is 11.5. The second-order valence-electron chi connectivity index (χ2n) is 11.1. The summed E-state index contributed by atoms with van der Waals surface area (Å²) in [5.74, 6) is 0. The Hall–Kier alpha value is -3.04. The number of nitrogens with zero attached hydrogens (tertiary/aromatic N) is 2. The van der Waals surface area contributed by atoms with Crippen LogP contribution in [0.4, 0.5) is 11.4 Å². The zero-order valence-electron chi connectivity index (χ0n) is 23.8. The predicted molar refractivity (Wildman–Crippen MR) is 163 cm³/mol. The van der Waals surface area contributed by atoms with E-state index in [4.69, 9.17) is 0 Å². The summed E-state index contributed by atoms with van der Waals surface area (Å²) in [6.07, 6.45) is 0. The topological polar surface area (TPSA) is 6.48 Å². The molecule has 188 valence electrons. The van der Waals surface area contributed by atoms with Gasteiger partial charge in [0.25, 0.3) is 0 Å². The lowest BCUT2D eigenvalue weighted by molar-refractivity contribution is 1.09. The van der Waals surface area contributed by atoms with Gasteiger partial charge in [0.15, 0.2) is 8.07 Å². The van der Waals surface area contributed by atoms with Crippen molar-refractivity contribution in [3.8, 4) is 0 Å². The van der Waals surface area contributed by atoms with Gasteiger partial charge in [-0.15, -0.1) is 0 Å². The van der Waals surface area contributed by atoms with Crippen LogP contribution >= 0.6 is 0 Å². The Bertz CT molecular complexity index is 1260.